The van der Waals surface area contributed by atoms with E-state index in [4.69, 9.17) is 5.26 Å². The molecule has 0 bridgehead atoms. The smallest absolute Gasteiger partial charge is 0.270 e. The fourth-order valence-corrected chi connectivity index (χ4v) is 1.66. The highest BCUT2D eigenvalue weighted by molar-refractivity contribution is 5.92. The largest absolute Gasteiger partial charge is 0.344 e. The van der Waals surface area contributed by atoms with E-state index in [1.54, 1.807) is 31.5 Å². The molecule has 1 unspecified atom stereocenters. The van der Waals surface area contributed by atoms with Crippen LogP contribution >= 0.6 is 0 Å². The molecule has 96 valence electrons. The Morgan fingerprint density at radius 1 is 1.53 bits per heavy atom. The van der Waals surface area contributed by atoms with Crippen molar-refractivity contribution in [1.82, 2.24) is 20.5 Å². The van der Waals surface area contributed by atoms with E-state index in [2.05, 4.69) is 20.5 Å². The molecule has 2 rings (SSSR count). The van der Waals surface area contributed by atoms with Gasteiger partial charge in [0, 0.05) is 11.8 Å². The second-order valence-corrected chi connectivity index (χ2v) is 4.17. The minimum atomic E-state index is -0.277. The van der Waals surface area contributed by atoms with Gasteiger partial charge >= 0.3 is 0 Å². The Labute approximate surface area is 110 Å². The number of nitrogens with one attached hydrogen (secondary N) is 2. The molecule has 0 aliphatic heterocycles. The molecule has 2 aromatic heterocycles. The van der Waals surface area contributed by atoms with E-state index in [-0.39, 0.29) is 11.9 Å². The fourth-order valence-electron chi connectivity index (χ4n) is 1.66. The number of aromatic nitrogens is 3. The Morgan fingerprint density at radius 2 is 2.32 bits per heavy atom. The van der Waals surface area contributed by atoms with E-state index in [1.807, 2.05) is 13.0 Å². The van der Waals surface area contributed by atoms with Crippen LogP contribution in [0, 0.1) is 18.3 Å². The second-order valence-electron chi connectivity index (χ2n) is 4.17. The maximum atomic E-state index is 12.0. The van der Waals surface area contributed by atoms with Gasteiger partial charge in [0.05, 0.1) is 23.5 Å². The van der Waals surface area contributed by atoms with Crippen LogP contribution in [0.15, 0.2) is 24.5 Å². The molecule has 1 amide bonds. The summed E-state index contributed by atoms with van der Waals surface area (Å²) in [5, 5.41) is 18.2. The van der Waals surface area contributed by atoms with Crippen LogP contribution in [0.4, 0.5) is 0 Å². The van der Waals surface area contributed by atoms with Gasteiger partial charge in [-0.2, -0.15) is 10.4 Å². The van der Waals surface area contributed by atoms with E-state index in [1.165, 1.54) is 0 Å². The predicted molar refractivity (Wildman–Crippen MR) is 68.2 cm³/mol. The van der Waals surface area contributed by atoms with Crippen molar-refractivity contribution in [2.75, 3.05) is 0 Å². The first-order chi connectivity index (χ1) is 9.11. The summed E-state index contributed by atoms with van der Waals surface area (Å²) in [6.45, 7) is 3.56. The number of pyridine rings is 1. The lowest BCUT2D eigenvalue weighted by molar-refractivity contribution is 0.0934. The van der Waals surface area contributed by atoms with Gasteiger partial charge in [-0.05, 0) is 26.0 Å². The number of nitriles is 1. The zero-order valence-corrected chi connectivity index (χ0v) is 10.6. The van der Waals surface area contributed by atoms with E-state index in [0.29, 0.717) is 17.0 Å². The maximum absolute atomic E-state index is 12.0. The first-order valence-corrected chi connectivity index (χ1v) is 5.79. The monoisotopic (exact) mass is 255 g/mol. The SMILES string of the molecule is Cc1nc(C(=O)NC(C)c2cn[nH]c2)ccc1C#N. The Kier molecular flexibility index (Phi) is 3.57. The number of hydrogen-bond acceptors (Lipinski definition) is 4. The van der Waals surface area contributed by atoms with Crippen molar-refractivity contribution < 1.29 is 4.79 Å². The normalized spacial score (nSPS) is 11.6. The zero-order valence-electron chi connectivity index (χ0n) is 10.6. The van der Waals surface area contributed by atoms with Crippen molar-refractivity contribution in [2.45, 2.75) is 19.9 Å². The van der Waals surface area contributed by atoms with Crippen molar-refractivity contribution in [2.24, 2.45) is 0 Å². The van der Waals surface area contributed by atoms with Crippen molar-refractivity contribution in [3.63, 3.8) is 0 Å². The molecule has 1 atom stereocenters. The van der Waals surface area contributed by atoms with Crippen LogP contribution in [0.3, 0.4) is 0 Å². The van der Waals surface area contributed by atoms with E-state index in [0.717, 1.165) is 5.56 Å². The van der Waals surface area contributed by atoms with Crippen LogP contribution in [0.5, 0.6) is 0 Å². The fraction of sp³-hybridized carbons (Fsp3) is 0.231. The number of aryl methyl sites for hydroxylation is 1. The van der Waals surface area contributed by atoms with Crippen molar-refractivity contribution in [3.05, 3.63) is 47.0 Å². The molecule has 6 nitrogen and oxygen atoms in total. The van der Waals surface area contributed by atoms with Crippen molar-refractivity contribution in [3.8, 4) is 6.07 Å². The van der Waals surface area contributed by atoms with Gasteiger partial charge < -0.3 is 5.32 Å². The minimum Gasteiger partial charge on any atom is -0.344 e. The second kappa shape index (κ2) is 5.31. The average Bonchev–Trinajstić information content (AvgIpc) is 2.92. The standard InChI is InChI=1S/C13H13N5O/c1-8-10(5-14)3-4-12(17-8)13(19)18-9(2)11-6-15-16-7-11/h3-4,6-7,9H,1-2H3,(H,15,16)(H,18,19). The predicted octanol–water partition coefficient (Wildman–Crippen LogP) is 1.48. The van der Waals surface area contributed by atoms with E-state index >= 15 is 0 Å². The molecule has 2 heterocycles. The number of carbonyl (C=O) groups is 1. The molecule has 0 radical (unpaired) electrons. The molecule has 2 N–H and O–H groups in total. The lowest BCUT2D eigenvalue weighted by atomic mass is 10.1. The van der Waals surface area contributed by atoms with E-state index < -0.39 is 0 Å². The van der Waals surface area contributed by atoms with Crippen LogP contribution in [0.1, 0.15) is 40.3 Å². The highest BCUT2D eigenvalue weighted by atomic mass is 16.1. The highest BCUT2D eigenvalue weighted by Gasteiger charge is 2.14. The number of amides is 1. The zero-order chi connectivity index (χ0) is 13.8. The molecule has 0 aromatic carbocycles. The van der Waals surface area contributed by atoms with Crippen LogP contribution in [0.25, 0.3) is 0 Å². The Bertz CT molecular complexity index is 627. The first kappa shape index (κ1) is 12.8. The van der Waals surface area contributed by atoms with Gasteiger partial charge in [0.15, 0.2) is 0 Å². The molecular weight excluding hydrogens is 242 g/mol. The van der Waals surface area contributed by atoms with E-state index in [9.17, 15) is 4.79 Å². The van der Waals surface area contributed by atoms with Gasteiger partial charge in [0.25, 0.3) is 5.91 Å². The molecule has 0 saturated carbocycles. The molecule has 6 heteroatoms. The Morgan fingerprint density at radius 3 is 2.89 bits per heavy atom. The summed E-state index contributed by atoms with van der Waals surface area (Å²) in [7, 11) is 0. The number of hydrogen-bond donors (Lipinski definition) is 2. The van der Waals surface area contributed by atoms with Gasteiger partial charge in [-0.3, -0.25) is 9.89 Å². The summed E-state index contributed by atoms with van der Waals surface area (Å²) >= 11 is 0. The minimum absolute atomic E-state index is 0.163. The van der Waals surface area contributed by atoms with Gasteiger partial charge in [-0.1, -0.05) is 0 Å². The van der Waals surface area contributed by atoms with Gasteiger partial charge in [0.2, 0.25) is 0 Å². The Balaban J connectivity index is 2.12. The molecular formula is C13H13N5O. The third-order valence-corrected chi connectivity index (χ3v) is 2.81. The van der Waals surface area contributed by atoms with Crippen LogP contribution in [-0.2, 0) is 0 Å². The average molecular weight is 255 g/mol. The quantitative estimate of drug-likeness (QED) is 0.868. The molecule has 0 fully saturated rings. The molecule has 0 spiro atoms. The first-order valence-electron chi connectivity index (χ1n) is 5.79. The maximum Gasteiger partial charge on any atom is 0.270 e. The van der Waals surface area contributed by atoms with Crippen molar-refractivity contribution >= 4 is 5.91 Å². The Hall–Kier alpha value is -2.68. The lowest BCUT2D eigenvalue weighted by Gasteiger charge is -2.11. The third kappa shape index (κ3) is 2.77. The molecule has 0 aliphatic carbocycles. The number of H-pyrrole nitrogens is 1. The third-order valence-electron chi connectivity index (χ3n) is 2.81. The summed E-state index contributed by atoms with van der Waals surface area (Å²) in [6.07, 6.45) is 3.38. The van der Waals surface area contributed by atoms with Crippen LogP contribution in [-0.4, -0.2) is 21.1 Å². The lowest BCUT2D eigenvalue weighted by Crippen LogP contribution is -2.27. The molecule has 2 aromatic rings. The summed E-state index contributed by atoms with van der Waals surface area (Å²) in [5.41, 5.74) is 2.20. The molecule has 19 heavy (non-hydrogen) atoms. The topological polar surface area (TPSA) is 94.5 Å². The van der Waals surface area contributed by atoms with Crippen molar-refractivity contribution in [1.29, 1.82) is 5.26 Å². The van der Waals surface area contributed by atoms with Crippen LogP contribution < -0.4 is 5.32 Å². The highest BCUT2D eigenvalue weighted by Crippen LogP contribution is 2.11. The summed E-state index contributed by atoms with van der Waals surface area (Å²) in [6, 6.07) is 5.00. The van der Waals surface area contributed by atoms with Gasteiger partial charge in [-0.25, -0.2) is 4.98 Å². The van der Waals surface area contributed by atoms with Gasteiger partial charge in [-0.15, -0.1) is 0 Å². The number of nitrogens with zero attached hydrogens (tertiary/aromatic N) is 3. The number of carbonyl (C=O) groups excluding carboxylic acids is 1. The number of rotatable bonds is 3. The van der Waals surface area contributed by atoms with Gasteiger partial charge in [0.1, 0.15) is 11.8 Å². The summed E-state index contributed by atoms with van der Waals surface area (Å²) in [4.78, 5) is 16.1. The number of aromatic amines is 1. The summed E-state index contributed by atoms with van der Waals surface area (Å²) < 4.78 is 0. The summed E-state index contributed by atoms with van der Waals surface area (Å²) in [5.74, 6) is -0.277. The molecule has 0 aliphatic rings. The van der Waals surface area contributed by atoms with Crippen LogP contribution in [0.2, 0.25) is 0 Å². The molecule has 0 saturated heterocycles.